The first-order chi connectivity index (χ1) is 7.72. The number of aryl methyl sites for hydroxylation is 2. The van der Waals surface area contributed by atoms with Gasteiger partial charge in [-0.05, 0) is 30.4 Å². The maximum atomic E-state index is 12.0. The van der Waals surface area contributed by atoms with E-state index in [1.807, 2.05) is 25.3 Å². The molecule has 84 valence electrons. The molecular formula is C11H13N3OS. The predicted octanol–water partition coefficient (Wildman–Crippen LogP) is 2.59. The van der Waals surface area contributed by atoms with Crippen LogP contribution >= 0.6 is 11.3 Å². The van der Waals surface area contributed by atoms with Gasteiger partial charge in [-0.25, -0.2) is 0 Å². The van der Waals surface area contributed by atoms with Crippen molar-refractivity contribution in [2.75, 3.05) is 5.32 Å². The SMILES string of the molecule is CCc1ccsc1C(=O)Nc1[nH]ncc1C. The van der Waals surface area contributed by atoms with Gasteiger partial charge in [-0.2, -0.15) is 5.10 Å². The van der Waals surface area contributed by atoms with Gasteiger partial charge in [0, 0.05) is 5.56 Å². The summed E-state index contributed by atoms with van der Waals surface area (Å²) in [6.45, 7) is 3.94. The van der Waals surface area contributed by atoms with Crippen LogP contribution in [0.5, 0.6) is 0 Å². The number of H-pyrrole nitrogens is 1. The molecule has 2 rings (SSSR count). The number of carbonyl (C=O) groups is 1. The van der Waals surface area contributed by atoms with E-state index in [1.165, 1.54) is 11.3 Å². The third-order valence-corrected chi connectivity index (χ3v) is 3.36. The van der Waals surface area contributed by atoms with E-state index in [0.29, 0.717) is 5.82 Å². The summed E-state index contributed by atoms with van der Waals surface area (Å²) >= 11 is 1.46. The average Bonchev–Trinajstić information content (AvgIpc) is 2.87. The Morgan fingerprint density at radius 2 is 2.44 bits per heavy atom. The molecule has 0 bridgehead atoms. The van der Waals surface area contributed by atoms with E-state index in [4.69, 9.17) is 0 Å². The van der Waals surface area contributed by atoms with Gasteiger partial charge in [0.15, 0.2) is 0 Å². The normalized spacial score (nSPS) is 10.4. The van der Waals surface area contributed by atoms with Crippen molar-refractivity contribution < 1.29 is 4.79 Å². The first-order valence-electron chi connectivity index (χ1n) is 5.10. The molecule has 4 nitrogen and oxygen atoms in total. The van der Waals surface area contributed by atoms with Crippen LogP contribution in [-0.4, -0.2) is 16.1 Å². The molecule has 2 N–H and O–H groups in total. The maximum absolute atomic E-state index is 12.0. The fourth-order valence-electron chi connectivity index (χ4n) is 1.46. The Kier molecular flexibility index (Phi) is 3.05. The van der Waals surface area contributed by atoms with E-state index < -0.39 is 0 Å². The molecule has 0 atom stereocenters. The number of aromatic nitrogens is 2. The second-order valence-electron chi connectivity index (χ2n) is 3.51. The Morgan fingerprint density at radius 3 is 3.06 bits per heavy atom. The van der Waals surface area contributed by atoms with Crippen LogP contribution in [0.25, 0.3) is 0 Å². The third-order valence-electron chi connectivity index (χ3n) is 2.40. The molecule has 0 unspecified atom stereocenters. The van der Waals surface area contributed by atoms with Crippen molar-refractivity contribution in [2.24, 2.45) is 0 Å². The molecule has 2 aromatic heterocycles. The Labute approximate surface area is 97.7 Å². The lowest BCUT2D eigenvalue weighted by molar-refractivity contribution is 0.102. The summed E-state index contributed by atoms with van der Waals surface area (Å²) in [5, 5.41) is 11.4. The maximum Gasteiger partial charge on any atom is 0.267 e. The van der Waals surface area contributed by atoms with Gasteiger partial charge in [0.25, 0.3) is 5.91 Å². The van der Waals surface area contributed by atoms with Crippen LogP contribution in [0.4, 0.5) is 5.82 Å². The molecule has 0 saturated carbocycles. The molecule has 2 aromatic rings. The summed E-state index contributed by atoms with van der Waals surface area (Å²) in [5.41, 5.74) is 2.02. The molecule has 5 heteroatoms. The van der Waals surface area contributed by atoms with Crippen LogP contribution in [-0.2, 0) is 6.42 Å². The number of nitrogens with one attached hydrogen (secondary N) is 2. The van der Waals surface area contributed by atoms with Gasteiger partial charge >= 0.3 is 0 Å². The lowest BCUT2D eigenvalue weighted by Gasteiger charge is -2.03. The van der Waals surface area contributed by atoms with Crippen molar-refractivity contribution in [3.05, 3.63) is 33.6 Å². The average molecular weight is 235 g/mol. The van der Waals surface area contributed by atoms with Crippen molar-refractivity contribution in [3.8, 4) is 0 Å². The Balaban J connectivity index is 2.18. The molecule has 2 heterocycles. The number of amides is 1. The fraction of sp³-hybridized carbons (Fsp3) is 0.273. The molecule has 16 heavy (non-hydrogen) atoms. The summed E-state index contributed by atoms with van der Waals surface area (Å²) in [6.07, 6.45) is 2.55. The number of hydrogen-bond acceptors (Lipinski definition) is 3. The van der Waals surface area contributed by atoms with Crippen molar-refractivity contribution in [2.45, 2.75) is 20.3 Å². The minimum atomic E-state index is -0.0702. The molecule has 0 aliphatic heterocycles. The van der Waals surface area contributed by atoms with Gasteiger partial charge in [-0.1, -0.05) is 6.92 Å². The zero-order valence-electron chi connectivity index (χ0n) is 9.20. The lowest BCUT2D eigenvalue weighted by Crippen LogP contribution is -2.12. The monoisotopic (exact) mass is 235 g/mol. The van der Waals surface area contributed by atoms with E-state index in [-0.39, 0.29) is 5.91 Å². The number of anilines is 1. The highest BCUT2D eigenvalue weighted by Gasteiger charge is 2.13. The summed E-state index contributed by atoms with van der Waals surface area (Å²) in [6, 6.07) is 1.99. The highest BCUT2D eigenvalue weighted by molar-refractivity contribution is 7.12. The van der Waals surface area contributed by atoms with Crippen LogP contribution in [0.15, 0.2) is 17.6 Å². The Bertz CT molecular complexity index is 501. The van der Waals surface area contributed by atoms with E-state index in [2.05, 4.69) is 15.5 Å². The lowest BCUT2D eigenvalue weighted by atomic mass is 10.2. The minimum Gasteiger partial charge on any atom is -0.306 e. The van der Waals surface area contributed by atoms with E-state index >= 15 is 0 Å². The number of carbonyl (C=O) groups excluding carboxylic acids is 1. The molecule has 0 aliphatic rings. The van der Waals surface area contributed by atoms with Gasteiger partial charge in [0.2, 0.25) is 0 Å². The first kappa shape index (κ1) is 10.9. The quantitative estimate of drug-likeness (QED) is 0.859. The molecular weight excluding hydrogens is 222 g/mol. The molecule has 0 radical (unpaired) electrons. The Hall–Kier alpha value is -1.62. The smallest absolute Gasteiger partial charge is 0.267 e. The minimum absolute atomic E-state index is 0.0702. The second kappa shape index (κ2) is 4.49. The summed E-state index contributed by atoms with van der Waals surface area (Å²) < 4.78 is 0. The second-order valence-corrected chi connectivity index (χ2v) is 4.43. The standard InChI is InChI=1S/C11H13N3OS/c1-3-8-4-5-16-9(8)11(15)13-10-7(2)6-12-14-10/h4-6H,3H2,1-2H3,(H2,12,13,14,15). The zero-order chi connectivity index (χ0) is 11.5. The van der Waals surface area contributed by atoms with Gasteiger partial charge in [-0.3, -0.25) is 9.89 Å². The number of rotatable bonds is 3. The van der Waals surface area contributed by atoms with Crippen LogP contribution in [0.3, 0.4) is 0 Å². The molecule has 0 aromatic carbocycles. The predicted molar refractivity (Wildman–Crippen MR) is 65.0 cm³/mol. The van der Waals surface area contributed by atoms with Crippen molar-refractivity contribution in [1.82, 2.24) is 10.2 Å². The topological polar surface area (TPSA) is 57.8 Å². The number of thiophene rings is 1. The van der Waals surface area contributed by atoms with Crippen LogP contribution in [0, 0.1) is 6.92 Å². The van der Waals surface area contributed by atoms with Crippen LogP contribution < -0.4 is 5.32 Å². The fourth-order valence-corrected chi connectivity index (χ4v) is 2.35. The Morgan fingerprint density at radius 1 is 1.62 bits per heavy atom. The molecule has 0 fully saturated rings. The molecule has 0 aliphatic carbocycles. The van der Waals surface area contributed by atoms with Crippen LogP contribution in [0.2, 0.25) is 0 Å². The van der Waals surface area contributed by atoms with Gasteiger partial charge < -0.3 is 5.32 Å². The molecule has 1 amide bonds. The zero-order valence-corrected chi connectivity index (χ0v) is 10.0. The van der Waals surface area contributed by atoms with Gasteiger partial charge in [0.1, 0.15) is 5.82 Å². The van der Waals surface area contributed by atoms with Gasteiger partial charge in [0.05, 0.1) is 11.1 Å². The summed E-state index contributed by atoms with van der Waals surface area (Å²) in [7, 11) is 0. The summed E-state index contributed by atoms with van der Waals surface area (Å²) in [4.78, 5) is 12.7. The number of nitrogens with zero attached hydrogens (tertiary/aromatic N) is 1. The first-order valence-corrected chi connectivity index (χ1v) is 5.98. The third kappa shape index (κ3) is 1.99. The van der Waals surface area contributed by atoms with Gasteiger partial charge in [-0.15, -0.1) is 11.3 Å². The van der Waals surface area contributed by atoms with E-state index in [9.17, 15) is 4.79 Å². The van der Waals surface area contributed by atoms with Crippen molar-refractivity contribution in [1.29, 1.82) is 0 Å². The van der Waals surface area contributed by atoms with Crippen LogP contribution in [0.1, 0.15) is 27.7 Å². The summed E-state index contributed by atoms with van der Waals surface area (Å²) in [5.74, 6) is 0.597. The highest BCUT2D eigenvalue weighted by Crippen LogP contribution is 2.19. The van der Waals surface area contributed by atoms with E-state index in [1.54, 1.807) is 6.20 Å². The largest absolute Gasteiger partial charge is 0.306 e. The van der Waals surface area contributed by atoms with E-state index in [0.717, 1.165) is 22.4 Å². The number of aromatic amines is 1. The number of hydrogen-bond donors (Lipinski definition) is 2. The van der Waals surface area contributed by atoms with Crippen molar-refractivity contribution >= 4 is 23.1 Å². The van der Waals surface area contributed by atoms with Crippen molar-refractivity contribution in [3.63, 3.8) is 0 Å². The highest BCUT2D eigenvalue weighted by atomic mass is 32.1. The molecule has 0 saturated heterocycles. The molecule has 0 spiro atoms.